The molecule has 0 aliphatic heterocycles. The second-order valence-electron chi connectivity index (χ2n) is 6.16. The number of aromatic nitrogens is 1. The van der Waals surface area contributed by atoms with Crippen LogP contribution in [0.3, 0.4) is 0 Å². The lowest BCUT2D eigenvalue weighted by Gasteiger charge is -2.12. The molecule has 0 fully saturated rings. The number of carbonyl (C=O) groups is 1. The third kappa shape index (κ3) is 3.71. The number of hydrogen-bond donors (Lipinski definition) is 1. The number of aryl methyl sites for hydroxylation is 1. The zero-order valence-electron chi connectivity index (χ0n) is 14.9. The highest BCUT2D eigenvalue weighted by molar-refractivity contribution is 9.10. The average Bonchev–Trinajstić information content (AvgIpc) is 2.93. The molecule has 3 aromatic rings. The highest BCUT2D eigenvalue weighted by Crippen LogP contribution is 2.27. The average molecular weight is 421 g/mol. The molecule has 0 aliphatic carbocycles. The summed E-state index contributed by atoms with van der Waals surface area (Å²) in [6, 6.07) is 18.7. The van der Waals surface area contributed by atoms with Crippen LogP contribution in [0.25, 0.3) is 17.3 Å². The van der Waals surface area contributed by atoms with Crippen molar-refractivity contribution in [1.29, 1.82) is 5.26 Å². The molecule has 27 heavy (non-hydrogen) atoms. The molecule has 0 atom stereocenters. The third-order valence-electron chi connectivity index (χ3n) is 4.42. The van der Waals surface area contributed by atoms with Crippen LogP contribution in [0.1, 0.15) is 32.9 Å². The summed E-state index contributed by atoms with van der Waals surface area (Å²) in [7, 11) is 0. The monoisotopic (exact) mass is 420 g/mol. The van der Waals surface area contributed by atoms with Crippen molar-refractivity contribution in [2.24, 2.45) is 0 Å². The number of rotatable bonds is 4. The number of aromatic carboxylic acids is 1. The topological polar surface area (TPSA) is 66.0 Å². The maximum absolute atomic E-state index is 11.6. The van der Waals surface area contributed by atoms with Crippen LogP contribution in [0.15, 0.2) is 59.1 Å². The van der Waals surface area contributed by atoms with Gasteiger partial charge >= 0.3 is 5.97 Å². The van der Waals surface area contributed by atoms with Crippen LogP contribution in [0.2, 0.25) is 0 Å². The van der Waals surface area contributed by atoms with Gasteiger partial charge in [0.2, 0.25) is 0 Å². The van der Waals surface area contributed by atoms with E-state index in [4.69, 9.17) is 0 Å². The number of hydrogen-bond acceptors (Lipinski definition) is 2. The minimum Gasteiger partial charge on any atom is -0.478 e. The number of carboxylic acids is 1. The van der Waals surface area contributed by atoms with E-state index in [-0.39, 0.29) is 5.56 Å². The summed E-state index contributed by atoms with van der Waals surface area (Å²) < 4.78 is 2.86. The van der Waals surface area contributed by atoms with Crippen LogP contribution in [0, 0.1) is 25.2 Å². The standard InChI is InChI=1S/C22H17BrN2O2/c1-14-11-17(12-18(13-24)16-7-9-19(23)10-8-16)15(2)25(14)21-6-4-3-5-20(21)22(26)27/h3-12H,1-2H3,(H,26,27)/b18-12-. The molecule has 0 radical (unpaired) electrons. The van der Waals surface area contributed by atoms with E-state index in [9.17, 15) is 15.2 Å². The van der Waals surface area contributed by atoms with Crippen LogP contribution in [0.4, 0.5) is 0 Å². The van der Waals surface area contributed by atoms with Gasteiger partial charge in [-0.3, -0.25) is 0 Å². The fraction of sp³-hybridized carbons (Fsp3) is 0.0909. The number of benzene rings is 2. The zero-order chi connectivity index (χ0) is 19.6. The predicted octanol–water partition coefficient (Wildman–Crippen LogP) is 5.62. The van der Waals surface area contributed by atoms with E-state index in [2.05, 4.69) is 22.0 Å². The van der Waals surface area contributed by atoms with Gasteiger partial charge in [0.1, 0.15) is 0 Å². The predicted molar refractivity (Wildman–Crippen MR) is 110 cm³/mol. The Morgan fingerprint density at radius 2 is 1.81 bits per heavy atom. The minimum atomic E-state index is -0.970. The van der Waals surface area contributed by atoms with Crippen LogP contribution in [-0.2, 0) is 0 Å². The van der Waals surface area contributed by atoms with Gasteiger partial charge in [0.15, 0.2) is 0 Å². The Kier molecular flexibility index (Phi) is 5.29. The summed E-state index contributed by atoms with van der Waals surface area (Å²) in [4.78, 5) is 11.6. The quantitative estimate of drug-likeness (QED) is 0.556. The maximum atomic E-state index is 11.6. The van der Waals surface area contributed by atoms with Crippen molar-refractivity contribution >= 4 is 33.5 Å². The van der Waals surface area contributed by atoms with Crippen LogP contribution in [-0.4, -0.2) is 15.6 Å². The highest BCUT2D eigenvalue weighted by Gasteiger charge is 2.16. The molecule has 0 saturated heterocycles. The zero-order valence-corrected chi connectivity index (χ0v) is 16.5. The van der Waals surface area contributed by atoms with E-state index in [0.717, 1.165) is 27.0 Å². The molecule has 0 aliphatic rings. The Morgan fingerprint density at radius 3 is 2.44 bits per heavy atom. The molecule has 2 aromatic carbocycles. The molecule has 5 heteroatoms. The second kappa shape index (κ2) is 7.65. The molecule has 0 bridgehead atoms. The normalized spacial score (nSPS) is 11.3. The van der Waals surface area contributed by atoms with Crippen molar-refractivity contribution in [2.75, 3.05) is 0 Å². The molecular weight excluding hydrogens is 404 g/mol. The van der Waals surface area contributed by atoms with Crippen LogP contribution >= 0.6 is 15.9 Å². The minimum absolute atomic E-state index is 0.239. The fourth-order valence-electron chi connectivity index (χ4n) is 3.12. The van der Waals surface area contributed by atoms with E-state index in [1.807, 2.05) is 60.9 Å². The molecule has 0 saturated carbocycles. The van der Waals surface area contributed by atoms with Gasteiger partial charge in [0, 0.05) is 15.9 Å². The molecule has 4 nitrogen and oxygen atoms in total. The Morgan fingerprint density at radius 1 is 1.15 bits per heavy atom. The lowest BCUT2D eigenvalue weighted by Crippen LogP contribution is -2.07. The first-order valence-electron chi connectivity index (χ1n) is 8.31. The smallest absolute Gasteiger partial charge is 0.337 e. The Balaban J connectivity index is 2.13. The lowest BCUT2D eigenvalue weighted by atomic mass is 10.0. The van der Waals surface area contributed by atoms with Crippen molar-refractivity contribution in [3.63, 3.8) is 0 Å². The van der Waals surface area contributed by atoms with Crippen molar-refractivity contribution in [3.8, 4) is 11.8 Å². The van der Waals surface area contributed by atoms with E-state index >= 15 is 0 Å². The summed E-state index contributed by atoms with van der Waals surface area (Å²) in [6.45, 7) is 3.85. The molecule has 0 spiro atoms. The van der Waals surface area contributed by atoms with Crippen molar-refractivity contribution in [3.05, 3.63) is 87.1 Å². The van der Waals surface area contributed by atoms with E-state index in [1.54, 1.807) is 18.2 Å². The van der Waals surface area contributed by atoms with E-state index < -0.39 is 5.97 Å². The largest absolute Gasteiger partial charge is 0.478 e. The van der Waals surface area contributed by atoms with Gasteiger partial charge < -0.3 is 9.67 Å². The number of carboxylic acid groups (broad SMARTS) is 1. The summed E-state index contributed by atoms with van der Waals surface area (Å²) in [5, 5.41) is 19.1. The fourth-order valence-corrected chi connectivity index (χ4v) is 3.38. The summed E-state index contributed by atoms with van der Waals surface area (Å²) >= 11 is 3.40. The third-order valence-corrected chi connectivity index (χ3v) is 4.95. The Labute approximate surface area is 166 Å². The van der Waals surface area contributed by atoms with Gasteiger partial charge in [-0.15, -0.1) is 0 Å². The van der Waals surface area contributed by atoms with Crippen LogP contribution < -0.4 is 0 Å². The number of nitriles is 1. The highest BCUT2D eigenvalue weighted by atomic mass is 79.9. The van der Waals surface area contributed by atoms with Gasteiger partial charge in [-0.1, -0.05) is 40.2 Å². The molecule has 1 heterocycles. The number of allylic oxidation sites excluding steroid dienone is 1. The Bertz CT molecular complexity index is 1090. The first-order valence-corrected chi connectivity index (χ1v) is 9.11. The molecule has 0 amide bonds. The maximum Gasteiger partial charge on any atom is 0.337 e. The number of halogens is 1. The second-order valence-corrected chi connectivity index (χ2v) is 7.08. The molecule has 1 N–H and O–H groups in total. The van der Waals surface area contributed by atoms with Crippen molar-refractivity contribution < 1.29 is 9.90 Å². The molecule has 1 aromatic heterocycles. The summed E-state index contributed by atoms with van der Waals surface area (Å²) in [5.41, 5.74) is 4.90. The molecule has 0 unspecified atom stereocenters. The first-order chi connectivity index (χ1) is 12.9. The number of nitrogens with zero attached hydrogens (tertiary/aromatic N) is 2. The lowest BCUT2D eigenvalue weighted by molar-refractivity contribution is 0.0697. The van der Waals surface area contributed by atoms with E-state index in [0.29, 0.717) is 11.3 Å². The molecule has 134 valence electrons. The Hall–Kier alpha value is -3.10. The van der Waals surface area contributed by atoms with Gasteiger partial charge in [-0.2, -0.15) is 5.26 Å². The van der Waals surface area contributed by atoms with Gasteiger partial charge in [-0.05, 0) is 61.4 Å². The SMILES string of the molecule is Cc1cc(/C=C(/C#N)c2ccc(Br)cc2)c(C)n1-c1ccccc1C(=O)O. The summed E-state index contributed by atoms with van der Waals surface area (Å²) in [5.74, 6) is -0.970. The van der Waals surface area contributed by atoms with Gasteiger partial charge in [0.05, 0.1) is 22.9 Å². The summed E-state index contributed by atoms with van der Waals surface area (Å²) in [6.07, 6.45) is 1.84. The van der Waals surface area contributed by atoms with Crippen molar-refractivity contribution in [2.45, 2.75) is 13.8 Å². The molecular formula is C22H17BrN2O2. The van der Waals surface area contributed by atoms with Crippen LogP contribution in [0.5, 0.6) is 0 Å². The van der Waals surface area contributed by atoms with E-state index in [1.165, 1.54) is 0 Å². The number of para-hydroxylation sites is 1. The van der Waals surface area contributed by atoms with Gasteiger partial charge in [0.25, 0.3) is 0 Å². The van der Waals surface area contributed by atoms with Crippen molar-refractivity contribution in [1.82, 2.24) is 4.57 Å². The van der Waals surface area contributed by atoms with Gasteiger partial charge in [-0.25, -0.2) is 4.79 Å². The molecule has 3 rings (SSSR count). The first kappa shape index (κ1) is 18.7.